The molecular formula is C24H29N3O3S. The van der Waals surface area contributed by atoms with Crippen LogP contribution in [0.5, 0.6) is 0 Å². The van der Waals surface area contributed by atoms with Crippen LogP contribution in [0.15, 0.2) is 11.6 Å². The second-order valence-electron chi connectivity index (χ2n) is 8.07. The predicted molar refractivity (Wildman–Crippen MR) is 123 cm³/mol. The Kier molecular flexibility index (Phi) is 7.01. The SMILES string of the molecule is CCOC(=O)c1c(-n2c(C)cc(/C=C(/C#N)C(=O)NC(C)C)c2C)sc2c1CCCC2. The first-order valence-electron chi connectivity index (χ1n) is 10.7. The second kappa shape index (κ2) is 9.52. The topological polar surface area (TPSA) is 84.1 Å². The monoisotopic (exact) mass is 439 g/mol. The summed E-state index contributed by atoms with van der Waals surface area (Å²) in [5.74, 6) is -0.670. The van der Waals surface area contributed by atoms with Gasteiger partial charge in [-0.2, -0.15) is 5.26 Å². The van der Waals surface area contributed by atoms with E-state index in [2.05, 4.69) is 9.88 Å². The third-order valence-corrected chi connectivity index (χ3v) is 6.67. The van der Waals surface area contributed by atoms with Crippen LogP contribution in [0.25, 0.3) is 11.1 Å². The molecule has 1 amide bonds. The average molecular weight is 440 g/mol. The number of esters is 1. The molecule has 1 N–H and O–H groups in total. The van der Waals surface area contributed by atoms with E-state index < -0.39 is 0 Å². The number of fused-ring (bicyclic) bond motifs is 1. The molecule has 2 heterocycles. The second-order valence-corrected chi connectivity index (χ2v) is 9.16. The van der Waals surface area contributed by atoms with Gasteiger partial charge in [0.05, 0.1) is 12.2 Å². The van der Waals surface area contributed by atoms with Gasteiger partial charge in [-0.15, -0.1) is 11.3 Å². The number of aryl methyl sites for hydroxylation is 2. The molecule has 0 aliphatic heterocycles. The van der Waals surface area contributed by atoms with Gasteiger partial charge in [-0.05, 0) is 83.6 Å². The summed E-state index contributed by atoms with van der Waals surface area (Å²) in [6.07, 6.45) is 5.69. The number of amides is 1. The van der Waals surface area contributed by atoms with Crippen LogP contribution in [0.4, 0.5) is 0 Å². The fourth-order valence-electron chi connectivity index (χ4n) is 4.01. The highest BCUT2D eigenvalue weighted by Gasteiger charge is 2.28. The molecule has 1 aliphatic rings. The molecule has 1 aliphatic carbocycles. The fraction of sp³-hybridized carbons (Fsp3) is 0.458. The molecule has 31 heavy (non-hydrogen) atoms. The summed E-state index contributed by atoms with van der Waals surface area (Å²) in [4.78, 5) is 26.5. The summed E-state index contributed by atoms with van der Waals surface area (Å²) in [5.41, 5.74) is 4.45. The summed E-state index contributed by atoms with van der Waals surface area (Å²) in [6.45, 7) is 9.77. The smallest absolute Gasteiger partial charge is 0.341 e. The highest BCUT2D eigenvalue weighted by molar-refractivity contribution is 7.15. The van der Waals surface area contributed by atoms with Gasteiger partial charge in [0.25, 0.3) is 5.91 Å². The van der Waals surface area contributed by atoms with E-state index in [1.165, 1.54) is 4.88 Å². The number of thiophene rings is 1. The molecule has 6 nitrogen and oxygen atoms in total. The lowest BCUT2D eigenvalue weighted by atomic mass is 9.95. The summed E-state index contributed by atoms with van der Waals surface area (Å²) < 4.78 is 7.45. The Morgan fingerprint density at radius 1 is 1.32 bits per heavy atom. The maximum Gasteiger partial charge on any atom is 0.341 e. The zero-order valence-electron chi connectivity index (χ0n) is 18.8. The van der Waals surface area contributed by atoms with Crippen molar-refractivity contribution in [3.63, 3.8) is 0 Å². The molecule has 0 radical (unpaired) electrons. The normalized spacial score (nSPS) is 13.6. The minimum atomic E-state index is -0.388. The van der Waals surface area contributed by atoms with Crippen molar-refractivity contribution < 1.29 is 14.3 Å². The summed E-state index contributed by atoms with van der Waals surface area (Å²) >= 11 is 1.65. The maximum atomic E-state index is 12.9. The lowest BCUT2D eigenvalue weighted by Crippen LogP contribution is -2.30. The van der Waals surface area contributed by atoms with Crippen molar-refractivity contribution in [2.24, 2.45) is 0 Å². The van der Waals surface area contributed by atoms with E-state index >= 15 is 0 Å². The minimum absolute atomic E-state index is 0.0544. The summed E-state index contributed by atoms with van der Waals surface area (Å²) in [6, 6.07) is 3.90. The Labute approximate surface area is 187 Å². The molecule has 0 fully saturated rings. The molecule has 3 rings (SSSR count). The van der Waals surface area contributed by atoms with Crippen LogP contribution >= 0.6 is 11.3 Å². The number of nitrogens with zero attached hydrogens (tertiary/aromatic N) is 2. The molecule has 0 saturated heterocycles. The molecule has 2 aromatic heterocycles. The van der Waals surface area contributed by atoms with Crippen molar-refractivity contribution in [3.05, 3.63) is 44.6 Å². The van der Waals surface area contributed by atoms with E-state index in [-0.39, 0.29) is 23.5 Å². The first-order chi connectivity index (χ1) is 14.8. The molecule has 0 unspecified atom stereocenters. The van der Waals surface area contributed by atoms with Gasteiger partial charge in [-0.25, -0.2) is 4.79 Å². The minimum Gasteiger partial charge on any atom is -0.462 e. The van der Waals surface area contributed by atoms with Gasteiger partial charge in [0.15, 0.2) is 0 Å². The summed E-state index contributed by atoms with van der Waals surface area (Å²) in [7, 11) is 0. The summed E-state index contributed by atoms with van der Waals surface area (Å²) in [5, 5.41) is 13.1. The number of nitrogens with one attached hydrogen (secondary N) is 1. The standard InChI is InChI=1S/C24H29N3O3S/c1-6-30-24(29)21-19-9-7-8-10-20(19)31-23(21)27-15(4)11-17(16(27)5)12-18(13-25)22(28)26-14(2)3/h11-12,14H,6-10H2,1-5H3,(H,26,28)/b18-12-. The molecule has 0 spiro atoms. The van der Waals surface area contributed by atoms with Crippen LogP contribution in [-0.2, 0) is 22.4 Å². The molecule has 2 aromatic rings. The lowest BCUT2D eigenvalue weighted by molar-refractivity contribution is -0.117. The van der Waals surface area contributed by atoms with Gasteiger partial charge < -0.3 is 14.6 Å². The molecule has 164 valence electrons. The highest BCUT2D eigenvalue weighted by Crippen LogP contribution is 2.39. The first kappa shape index (κ1) is 22.8. The number of carbonyl (C=O) groups excluding carboxylic acids is 2. The van der Waals surface area contributed by atoms with Crippen molar-refractivity contribution in [1.29, 1.82) is 5.26 Å². The van der Waals surface area contributed by atoms with Gasteiger partial charge >= 0.3 is 5.97 Å². The zero-order chi connectivity index (χ0) is 22.7. The number of ether oxygens (including phenoxy) is 1. The van der Waals surface area contributed by atoms with Crippen LogP contribution in [-0.4, -0.2) is 29.1 Å². The quantitative estimate of drug-likeness (QED) is 0.404. The Balaban J connectivity index is 2.12. The molecule has 0 bridgehead atoms. The molecule has 0 atom stereocenters. The third-order valence-electron chi connectivity index (χ3n) is 5.39. The van der Waals surface area contributed by atoms with E-state index in [9.17, 15) is 14.9 Å². The number of hydrogen-bond acceptors (Lipinski definition) is 5. The maximum absolute atomic E-state index is 12.9. The van der Waals surface area contributed by atoms with Gasteiger partial charge in [-0.3, -0.25) is 4.79 Å². The average Bonchev–Trinajstić information content (AvgIpc) is 3.22. The van der Waals surface area contributed by atoms with Crippen molar-refractivity contribution in [3.8, 4) is 11.1 Å². The number of rotatable bonds is 6. The number of hydrogen-bond donors (Lipinski definition) is 1. The van der Waals surface area contributed by atoms with Crippen molar-refractivity contribution in [2.75, 3.05) is 6.61 Å². The van der Waals surface area contributed by atoms with E-state index in [0.717, 1.165) is 53.2 Å². The highest BCUT2D eigenvalue weighted by atomic mass is 32.1. The van der Waals surface area contributed by atoms with Crippen molar-refractivity contribution in [2.45, 2.75) is 66.3 Å². The molecule has 7 heteroatoms. The fourth-order valence-corrected chi connectivity index (χ4v) is 5.50. The first-order valence-corrected chi connectivity index (χ1v) is 11.5. The van der Waals surface area contributed by atoms with Crippen molar-refractivity contribution >= 4 is 29.3 Å². The number of nitriles is 1. The van der Waals surface area contributed by atoms with Crippen LogP contribution < -0.4 is 5.32 Å². The third kappa shape index (κ3) is 4.59. The van der Waals surface area contributed by atoms with Gasteiger partial charge in [0, 0.05) is 22.3 Å². The van der Waals surface area contributed by atoms with E-state index in [4.69, 9.17) is 4.74 Å². The van der Waals surface area contributed by atoms with E-state index in [1.807, 2.05) is 46.8 Å². The Hall–Kier alpha value is -2.85. The predicted octanol–water partition coefficient (Wildman–Crippen LogP) is 4.64. The van der Waals surface area contributed by atoms with Gasteiger partial charge in [0.1, 0.15) is 16.6 Å². The lowest BCUT2D eigenvalue weighted by Gasteiger charge is -2.13. The zero-order valence-corrected chi connectivity index (χ0v) is 19.6. The van der Waals surface area contributed by atoms with Crippen LogP contribution in [0, 0.1) is 25.2 Å². The van der Waals surface area contributed by atoms with Crippen LogP contribution in [0.2, 0.25) is 0 Å². The number of aromatic nitrogens is 1. The Morgan fingerprint density at radius 2 is 2.03 bits per heavy atom. The molecule has 0 aromatic carbocycles. The van der Waals surface area contributed by atoms with Crippen LogP contribution in [0.1, 0.15) is 71.4 Å². The van der Waals surface area contributed by atoms with E-state index in [0.29, 0.717) is 12.2 Å². The molecular weight excluding hydrogens is 410 g/mol. The largest absolute Gasteiger partial charge is 0.462 e. The molecule has 0 saturated carbocycles. The Morgan fingerprint density at radius 3 is 2.68 bits per heavy atom. The number of carbonyl (C=O) groups is 2. The van der Waals surface area contributed by atoms with Gasteiger partial charge in [0.2, 0.25) is 0 Å². The van der Waals surface area contributed by atoms with Crippen molar-refractivity contribution in [1.82, 2.24) is 9.88 Å². The van der Waals surface area contributed by atoms with Crippen LogP contribution in [0.3, 0.4) is 0 Å². The van der Waals surface area contributed by atoms with Gasteiger partial charge in [-0.1, -0.05) is 0 Å². The van der Waals surface area contributed by atoms with E-state index in [1.54, 1.807) is 17.4 Å². The Bertz CT molecular complexity index is 1080.